The van der Waals surface area contributed by atoms with Crippen LogP contribution in [0.15, 0.2) is 36.5 Å². The molecule has 174 valence electrons. The topological polar surface area (TPSA) is 86.7 Å². The summed E-state index contributed by atoms with van der Waals surface area (Å²) in [6, 6.07) is 6.78. The summed E-state index contributed by atoms with van der Waals surface area (Å²) >= 11 is 0. The summed E-state index contributed by atoms with van der Waals surface area (Å²) in [6.07, 6.45) is 3.64. The first-order chi connectivity index (χ1) is 15.9. The van der Waals surface area contributed by atoms with Crippen molar-refractivity contribution in [2.45, 2.75) is 31.8 Å². The fourth-order valence-corrected chi connectivity index (χ4v) is 4.00. The average molecular weight is 456 g/mol. The van der Waals surface area contributed by atoms with Gasteiger partial charge in [0.2, 0.25) is 0 Å². The Balaban J connectivity index is 1.83. The van der Waals surface area contributed by atoms with Gasteiger partial charge >= 0.3 is 6.09 Å². The van der Waals surface area contributed by atoms with Crippen molar-refractivity contribution < 1.29 is 23.0 Å². The van der Waals surface area contributed by atoms with Gasteiger partial charge in [0.05, 0.1) is 18.8 Å². The molecule has 7 nitrogen and oxygen atoms in total. The second kappa shape index (κ2) is 9.58. The third kappa shape index (κ3) is 4.54. The molecule has 0 radical (unpaired) electrons. The number of allylic oxidation sites excluding steroid dienone is 1. The van der Waals surface area contributed by atoms with Crippen LogP contribution in [0.1, 0.15) is 24.5 Å². The number of halogens is 2. The Morgan fingerprint density at radius 1 is 1.27 bits per heavy atom. The number of amides is 1. The first kappa shape index (κ1) is 22.7. The Hall–Kier alpha value is -3.46. The van der Waals surface area contributed by atoms with Crippen molar-refractivity contribution in [2.75, 3.05) is 25.1 Å². The number of carbonyl (C=O) groups is 1. The number of rotatable bonds is 6. The summed E-state index contributed by atoms with van der Waals surface area (Å²) in [7, 11) is 1.32. The van der Waals surface area contributed by atoms with Gasteiger partial charge in [0.25, 0.3) is 0 Å². The lowest BCUT2D eigenvalue weighted by Crippen LogP contribution is -2.53. The second-order valence-electron chi connectivity index (χ2n) is 8.11. The van der Waals surface area contributed by atoms with Gasteiger partial charge in [0, 0.05) is 54.3 Å². The van der Waals surface area contributed by atoms with Gasteiger partial charge in [0.15, 0.2) is 11.6 Å². The second-order valence-corrected chi connectivity index (χ2v) is 8.11. The molecule has 0 unspecified atom stereocenters. The fourth-order valence-electron chi connectivity index (χ4n) is 4.00. The first-order valence-electron chi connectivity index (χ1n) is 10.8. The Labute approximate surface area is 190 Å². The Kier molecular flexibility index (Phi) is 6.60. The largest absolute Gasteiger partial charge is 0.453 e. The van der Waals surface area contributed by atoms with Crippen LogP contribution in [-0.2, 0) is 11.2 Å². The highest BCUT2D eigenvalue weighted by molar-refractivity contribution is 6.10. The normalized spacial score (nSPS) is 18.2. The van der Waals surface area contributed by atoms with Gasteiger partial charge in [-0.25, -0.2) is 13.6 Å². The molecule has 4 rings (SSSR count). The monoisotopic (exact) mass is 456 g/mol. The molecular formula is C24H26F2N4O3. The summed E-state index contributed by atoms with van der Waals surface area (Å²) in [5.74, 6) is -1.37. The standard InChI is InChI=1S/C24H26F2N4O3/c1-14-3-5-19-21(30(14)24(31)32-2)7-6-18(15(10-27)11-29-17-12-28-13-17)23(19)33-22-8-4-16(25)9-20(22)26/h4,6-11,14,17,27-29H,3,5,12-13H2,1-2H3/b15-11+,27-10?/t14-/m0/s1. The van der Waals surface area contributed by atoms with Crippen molar-refractivity contribution in [3.8, 4) is 11.5 Å². The zero-order chi connectivity index (χ0) is 23.5. The van der Waals surface area contributed by atoms with E-state index in [4.69, 9.17) is 14.9 Å². The number of carbonyl (C=O) groups excluding carboxylic acids is 1. The minimum Gasteiger partial charge on any atom is -0.453 e. The first-order valence-corrected chi connectivity index (χ1v) is 10.8. The van der Waals surface area contributed by atoms with Crippen molar-refractivity contribution in [1.29, 1.82) is 5.41 Å². The molecule has 0 bridgehead atoms. The van der Waals surface area contributed by atoms with E-state index < -0.39 is 17.7 Å². The van der Waals surface area contributed by atoms with Gasteiger partial charge in [-0.15, -0.1) is 0 Å². The number of methoxy groups -OCH3 is 1. The Morgan fingerprint density at radius 3 is 2.70 bits per heavy atom. The van der Waals surface area contributed by atoms with Crippen LogP contribution in [0.5, 0.6) is 11.5 Å². The molecule has 0 spiro atoms. The number of fused-ring (bicyclic) bond motifs is 1. The maximum absolute atomic E-state index is 14.5. The highest BCUT2D eigenvalue weighted by Crippen LogP contribution is 2.43. The molecule has 2 heterocycles. The number of benzene rings is 2. The van der Waals surface area contributed by atoms with E-state index in [9.17, 15) is 13.6 Å². The molecule has 9 heteroatoms. The van der Waals surface area contributed by atoms with Gasteiger partial charge in [-0.3, -0.25) is 4.90 Å². The third-order valence-corrected chi connectivity index (χ3v) is 5.95. The highest BCUT2D eigenvalue weighted by Gasteiger charge is 2.32. The van der Waals surface area contributed by atoms with Crippen molar-refractivity contribution in [1.82, 2.24) is 10.6 Å². The molecule has 1 atom stereocenters. The molecule has 3 N–H and O–H groups in total. The Bertz CT molecular complexity index is 1100. The van der Waals surface area contributed by atoms with Gasteiger partial charge in [-0.2, -0.15) is 0 Å². The lowest BCUT2D eigenvalue weighted by molar-refractivity contribution is 0.175. The molecule has 1 fully saturated rings. The van der Waals surface area contributed by atoms with Crippen LogP contribution in [-0.4, -0.2) is 44.6 Å². The SMILES string of the molecule is COC(=O)N1c2ccc(/C(C=N)=C/NC3CNC3)c(Oc3ccc(F)cc3F)c2CC[C@@H]1C. The maximum Gasteiger partial charge on any atom is 0.414 e. The van der Waals surface area contributed by atoms with Gasteiger partial charge in [-0.05, 0) is 44.0 Å². The average Bonchev–Trinajstić information content (AvgIpc) is 2.77. The zero-order valence-corrected chi connectivity index (χ0v) is 18.5. The predicted molar refractivity (Wildman–Crippen MR) is 122 cm³/mol. The fraction of sp³-hybridized carbons (Fsp3) is 0.333. The van der Waals surface area contributed by atoms with Gasteiger partial charge < -0.3 is 25.5 Å². The smallest absolute Gasteiger partial charge is 0.414 e. The summed E-state index contributed by atoms with van der Waals surface area (Å²) in [4.78, 5) is 14.0. The number of ether oxygens (including phenoxy) is 2. The van der Waals surface area contributed by atoms with E-state index in [2.05, 4.69) is 10.6 Å². The summed E-state index contributed by atoms with van der Waals surface area (Å²) in [5.41, 5.74) is 2.39. The number of hydrogen-bond acceptors (Lipinski definition) is 6. The van der Waals surface area contributed by atoms with Crippen molar-refractivity contribution >= 4 is 23.6 Å². The van der Waals surface area contributed by atoms with Gasteiger partial charge in [0.1, 0.15) is 11.6 Å². The van der Waals surface area contributed by atoms with Crippen LogP contribution in [0.4, 0.5) is 19.3 Å². The van der Waals surface area contributed by atoms with Crippen LogP contribution in [0, 0.1) is 17.0 Å². The van der Waals surface area contributed by atoms with Crippen LogP contribution < -0.4 is 20.3 Å². The van der Waals surface area contributed by atoms with Crippen LogP contribution in [0.25, 0.3) is 5.57 Å². The molecule has 0 aliphatic carbocycles. The van der Waals surface area contributed by atoms with Crippen molar-refractivity contribution in [3.05, 3.63) is 59.3 Å². The number of hydrogen-bond donors (Lipinski definition) is 3. The van der Waals surface area contributed by atoms with E-state index >= 15 is 0 Å². The Morgan fingerprint density at radius 2 is 2.06 bits per heavy atom. The van der Waals surface area contributed by atoms with Gasteiger partial charge in [-0.1, -0.05) is 0 Å². The minimum atomic E-state index is -0.841. The molecule has 0 saturated carbocycles. The van der Waals surface area contributed by atoms with Crippen LogP contribution >= 0.6 is 0 Å². The quantitative estimate of drug-likeness (QED) is 0.567. The summed E-state index contributed by atoms with van der Waals surface area (Å²) in [5, 5.41) is 14.4. The third-order valence-electron chi connectivity index (χ3n) is 5.95. The molecule has 2 aliphatic rings. The zero-order valence-electron chi connectivity index (χ0n) is 18.5. The molecule has 0 aromatic heterocycles. The van der Waals surface area contributed by atoms with E-state index in [-0.39, 0.29) is 17.8 Å². The lowest BCUT2D eigenvalue weighted by Gasteiger charge is -2.35. The molecule has 1 saturated heterocycles. The molecule has 2 aliphatic heterocycles. The van der Waals surface area contributed by atoms with Crippen molar-refractivity contribution in [3.63, 3.8) is 0 Å². The summed E-state index contributed by atoms with van der Waals surface area (Å²) in [6.45, 7) is 3.57. The molecule has 2 aromatic carbocycles. The maximum atomic E-state index is 14.5. The number of nitrogens with zero attached hydrogens (tertiary/aromatic N) is 1. The van der Waals surface area contributed by atoms with E-state index in [1.165, 1.54) is 19.4 Å². The van der Waals surface area contributed by atoms with E-state index in [0.29, 0.717) is 41.0 Å². The molecule has 2 aromatic rings. The summed E-state index contributed by atoms with van der Waals surface area (Å²) < 4.78 is 38.9. The lowest BCUT2D eigenvalue weighted by atomic mass is 9.92. The highest BCUT2D eigenvalue weighted by atomic mass is 19.1. The molecule has 33 heavy (non-hydrogen) atoms. The predicted octanol–water partition coefficient (Wildman–Crippen LogP) is 4.22. The molecule has 1 amide bonds. The van der Waals surface area contributed by atoms with Crippen LogP contribution in [0.2, 0.25) is 0 Å². The van der Waals surface area contributed by atoms with E-state index in [1.807, 2.05) is 6.92 Å². The molecular weight excluding hydrogens is 430 g/mol. The van der Waals surface area contributed by atoms with E-state index in [1.54, 1.807) is 23.2 Å². The number of nitrogens with one attached hydrogen (secondary N) is 3. The van der Waals surface area contributed by atoms with Crippen LogP contribution in [0.3, 0.4) is 0 Å². The minimum absolute atomic E-state index is 0.100. The van der Waals surface area contributed by atoms with Crippen molar-refractivity contribution in [2.24, 2.45) is 0 Å². The van der Waals surface area contributed by atoms with E-state index in [0.717, 1.165) is 25.2 Å². The number of anilines is 1.